The number of hydrogen-bond acceptors (Lipinski definition) is 7. The van der Waals surface area contributed by atoms with Gasteiger partial charge in [-0.05, 0) is 24.3 Å². The van der Waals surface area contributed by atoms with Gasteiger partial charge in [-0.15, -0.1) is 0 Å². The van der Waals surface area contributed by atoms with Crippen LogP contribution < -0.4 is 10.5 Å². The van der Waals surface area contributed by atoms with Crippen LogP contribution in [0.5, 0.6) is 5.75 Å². The second kappa shape index (κ2) is 8.32. The molecule has 0 unspecified atom stereocenters. The van der Waals surface area contributed by atoms with Crippen LogP contribution in [0.1, 0.15) is 34.7 Å². The highest BCUT2D eigenvalue weighted by Gasteiger charge is 2.33. The van der Waals surface area contributed by atoms with Gasteiger partial charge in [-0.1, -0.05) is 6.92 Å². The second-order valence-corrected chi connectivity index (χ2v) is 6.20. The minimum atomic E-state index is -4.64. The first kappa shape index (κ1) is 21.6. The molecule has 8 nitrogen and oxygen atoms in total. The number of carboxylic acid groups (broad SMARTS) is 1. The van der Waals surface area contributed by atoms with Crippen LogP contribution in [0.3, 0.4) is 0 Å². The van der Waals surface area contributed by atoms with Gasteiger partial charge in [0.1, 0.15) is 22.7 Å². The number of oxazole rings is 1. The highest BCUT2D eigenvalue weighted by molar-refractivity contribution is 6.29. The Balaban J connectivity index is 2.18. The van der Waals surface area contributed by atoms with E-state index in [1.165, 1.54) is 32.8 Å². The van der Waals surface area contributed by atoms with Crippen LogP contribution in [0, 0.1) is 0 Å². The molecule has 2 aromatic heterocycles. The topological polar surface area (TPSA) is 121 Å². The molecule has 12 heteroatoms. The van der Waals surface area contributed by atoms with Crippen LogP contribution in [-0.2, 0) is 10.8 Å². The fraction of sp³-hybridized carbons (Fsp3) is 0.278. The van der Waals surface area contributed by atoms with E-state index in [1.807, 2.05) is 0 Å². The van der Waals surface area contributed by atoms with Crippen molar-refractivity contribution in [1.29, 1.82) is 0 Å². The minimum absolute atomic E-state index is 0.00906. The van der Waals surface area contributed by atoms with Crippen molar-refractivity contribution in [2.45, 2.75) is 18.9 Å². The molecule has 0 fully saturated rings. The molecule has 1 radical (unpaired) electrons. The molecule has 0 saturated carbocycles. The molecule has 30 heavy (non-hydrogen) atoms. The Morgan fingerprint density at radius 1 is 1.30 bits per heavy atom. The number of hydrogen-bond donors (Lipinski definition) is 2. The molecular weight excluding hydrogens is 406 g/mol. The maximum Gasteiger partial charge on any atom is 0.433 e. The Morgan fingerprint density at radius 3 is 2.63 bits per heavy atom. The molecule has 0 amide bonds. The number of pyridine rings is 1. The predicted octanol–water partition coefficient (Wildman–Crippen LogP) is 3.23. The number of benzene rings is 1. The van der Waals surface area contributed by atoms with E-state index in [1.54, 1.807) is 6.92 Å². The predicted molar refractivity (Wildman–Crippen MR) is 100 cm³/mol. The van der Waals surface area contributed by atoms with Crippen molar-refractivity contribution < 1.29 is 36.9 Å². The van der Waals surface area contributed by atoms with E-state index in [2.05, 4.69) is 9.97 Å². The Hall–Kier alpha value is -3.12. The second-order valence-electron chi connectivity index (χ2n) is 6.20. The molecule has 0 saturated heterocycles. The van der Waals surface area contributed by atoms with Gasteiger partial charge in [0, 0.05) is 16.8 Å². The van der Waals surface area contributed by atoms with E-state index < -0.39 is 23.7 Å². The lowest BCUT2D eigenvalue weighted by Crippen LogP contribution is -2.15. The quantitative estimate of drug-likeness (QED) is 0.440. The fourth-order valence-corrected chi connectivity index (χ4v) is 2.87. The largest absolute Gasteiger partial charge is 0.494 e. The van der Waals surface area contributed by atoms with E-state index in [9.17, 15) is 23.1 Å². The lowest BCUT2D eigenvalue weighted by Gasteiger charge is -2.11. The van der Waals surface area contributed by atoms with Crippen molar-refractivity contribution >= 4 is 24.4 Å². The van der Waals surface area contributed by atoms with Crippen molar-refractivity contribution in [1.82, 2.24) is 9.97 Å². The summed E-state index contributed by atoms with van der Waals surface area (Å²) < 4.78 is 55.0. The van der Waals surface area contributed by atoms with Crippen molar-refractivity contribution in [2.24, 2.45) is 5.73 Å². The van der Waals surface area contributed by atoms with E-state index in [0.29, 0.717) is 0 Å². The van der Waals surface area contributed by atoms with Gasteiger partial charge in [0.25, 0.3) is 0 Å². The fourth-order valence-electron chi connectivity index (χ4n) is 2.87. The van der Waals surface area contributed by atoms with Gasteiger partial charge in [0.2, 0.25) is 5.89 Å². The molecule has 3 aromatic rings. The third kappa shape index (κ3) is 4.09. The number of aromatic carboxylic acids is 1. The van der Waals surface area contributed by atoms with Gasteiger partial charge >= 0.3 is 19.6 Å². The number of aromatic nitrogens is 2. The summed E-state index contributed by atoms with van der Waals surface area (Å²) in [5.74, 6) is -1.90. The number of carbonyl (C=O) groups is 1. The number of carboxylic acids is 1. The molecule has 3 N–H and O–H groups in total. The number of nitrogens with zero attached hydrogens (tertiary/aromatic N) is 2. The Labute approximate surface area is 169 Å². The summed E-state index contributed by atoms with van der Waals surface area (Å²) in [5, 5.41) is 9.71. The van der Waals surface area contributed by atoms with Crippen molar-refractivity contribution in [3.63, 3.8) is 0 Å². The first-order valence-electron chi connectivity index (χ1n) is 8.61. The smallest absolute Gasteiger partial charge is 0.433 e. The van der Waals surface area contributed by atoms with Crippen LogP contribution >= 0.6 is 0 Å². The number of rotatable bonds is 7. The SMILES string of the molecule is COc1ccc(-c2nc(C(=O)O)c([C@H](C)[B]OCN)o2)c2ccc(C(F)(F)F)nc12. The monoisotopic (exact) mass is 422 g/mol. The first-order valence-corrected chi connectivity index (χ1v) is 8.61. The molecule has 0 spiro atoms. The molecular formula is C18H16BF3N3O5. The number of halogens is 3. The molecule has 1 atom stereocenters. The highest BCUT2D eigenvalue weighted by atomic mass is 19.4. The summed E-state index contributed by atoms with van der Waals surface area (Å²) in [7, 11) is 2.61. The highest BCUT2D eigenvalue weighted by Crippen LogP contribution is 2.37. The maximum absolute atomic E-state index is 13.1. The number of nitrogens with two attached hydrogens (primary N) is 1. The number of fused-ring (bicyclic) bond motifs is 1. The average Bonchev–Trinajstić information content (AvgIpc) is 3.15. The standard InChI is InChI=1S/C18H16BF3N3O5/c1-8(19-29-7-23)15-14(17(26)27)25-16(30-15)10-3-5-11(28-2)13-9(10)4-6-12(24-13)18(20,21)22/h3-6,8H,7,23H2,1-2H3,(H,26,27)/t8-/m0/s1. The molecule has 0 bridgehead atoms. The van der Waals surface area contributed by atoms with Crippen molar-refractivity contribution in [2.75, 3.05) is 13.8 Å². The third-order valence-electron chi connectivity index (χ3n) is 4.23. The van der Waals surface area contributed by atoms with E-state index in [0.717, 1.165) is 6.07 Å². The first-order chi connectivity index (χ1) is 14.2. The zero-order valence-corrected chi connectivity index (χ0v) is 15.9. The van der Waals surface area contributed by atoms with Gasteiger partial charge in [0.15, 0.2) is 5.69 Å². The molecule has 157 valence electrons. The third-order valence-corrected chi connectivity index (χ3v) is 4.23. The Kier molecular flexibility index (Phi) is 5.99. The van der Waals surface area contributed by atoms with Crippen LogP contribution in [0.15, 0.2) is 28.7 Å². The molecule has 0 aliphatic heterocycles. The summed E-state index contributed by atoms with van der Waals surface area (Å²) in [6, 6.07) is 4.93. The summed E-state index contributed by atoms with van der Waals surface area (Å²) in [6.07, 6.45) is -4.64. The van der Waals surface area contributed by atoms with Crippen LogP contribution in [0.2, 0.25) is 0 Å². The van der Waals surface area contributed by atoms with E-state index >= 15 is 0 Å². The molecule has 1 aromatic carbocycles. The van der Waals surface area contributed by atoms with Gasteiger partial charge in [0.05, 0.1) is 13.8 Å². The Morgan fingerprint density at radius 2 is 2.03 bits per heavy atom. The average molecular weight is 422 g/mol. The van der Waals surface area contributed by atoms with Crippen LogP contribution in [0.4, 0.5) is 13.2 Å². The number of methoxy groups -OCH3 is 1. The van der Waals surface area contributed by atoms with Crippen LogP contribution in [0.25, 0.3) is 22.4 Å². The molecule has 0 aliphatic rings. The van der Waals surface area contributed by atoms with Crippen molar-refractivity contribution in [3.8, 4) is 17.2 Å². The van der Waals surface area contributed by atoms with Crippen LogP contribution in [-0.4, -0.2) is 42.4 Å². The Bertz CT molecular complexity index is 1090. The van der Waals surface area contributed by atoms with Gasteiger partial charge in [-0.2, -0.15) is 13.2 Å². The zero-order valence-electron chi connectivity index (χ0n) is 15.9. The molecule has 3 rings (SSSR count). The van der Waals surface area contributed by atoms with Gasteiger partial charge in [-0.3, -0.25) is 0 Å². The lowest BCUT2D eigenvalue weighted by atomic mass is 9.79. The maximum atomic E-state index is 13.1. The van der Waals surface area contributed by atoms with E-state index in [-0.39, 0.29) is 46.3 Å². The van der Waals surface area contributed by atoms with E-state index in [4.69, 9.17) is 19.5 Å². The summed E-state index contributed by atoms with van der Waals surface area (Å²) >= 11 is 0. The lowest BCUT2D eigenvalue weighted by molar-refractivity contribution is -0.140. The summed E-state index contributed by atoms with van der Waals surface area (Å²) in [4.78, 5) is 19.3. The normalized spacial score (nSPS) is 12.7. The van der Waals surface area contributed by atoms with Gasteiger partial charge in [-0.25, -0.2) is 14.8 Å². The minimum Gasteiger partial charge on any atom is -0.494 e. The summed E-state index contributed by atoms with van der Waals surface area (Å²) in [6.45, 7) is 1.51. The number of ether oxygens (including phenoxy) is 1. The number of alkyl halides is 3. The van der Waals surface area contributed by atoms with Crippen molar-refractivity contribution in [3.05, 3.63) is 41.4 Å². The molecule has 0 aliphatic carbocycles. The summed E-state index contributed by atoms with van der Waals surface area (Å²) in [5.41, 5.74) is 4.02. The van der Waals surface area contributed by atoms with Gasteiger partial charge < -0.3 is 24.6 Å². The molecule has 2 heterocycles. The zero-order chi connectivity index (χ0) is 22.1.